The van der Waals surface area contributed by atoms with Crippen LogP contribution < -0.4 is 10.9 Å². The van der Waals surface area contributed by atoms with Gasteiger partial charge in [0, 0.05) is 27.1 Å². The Hall–Kier alpha value is -6.07. The second kappa shape index (κ2) is 13.2. The molecule has 0 aliphatic heterocycles. The summed E-state index contributed by atoms with van der Waals surface area (Å²) in [5.74, 6) is 1.43. The van der Waals surface area contributed by atoms with Crippen molar-refractivity contribution in [2.24, 2.45) is 0 Å². The lowest BCUT2D eigenvalue weighted by Crippen LogP contribution is -2.17. The maximum absolute atomic E-state index is 14.8. The van der Waals surface area contributed by atoms with Crippen molar-refractivity contribution in [3.63, 3.8) is 0 Å². The van der Waals surface area contributed by atoms with Crippen LogP contribution >= 0.6 is 0 Å². The number of rotatable bonds is 5. The fraction of sp³-hybridized carbons (Fsp3) is 0.264. The summed E-state index contributed by atoms with van der Waals surface area (Å²) in [5, 5.41) is 2.35. The third kappa shape index (κ3) is 5.85. The molecule has 0 bridgehead atoms. The van der Waals surface area contributed by atoms with Gasteiger partial charge < -0.3 is 4.40 Å². The van der Waals surface area contributed by atoms with E-state index >= 15 is 0 Å². The van der Waals surface area contributed by atoms with Crippen molar-refractivity contribution in [3.8, 4) is 28.2 Å². The highest BCUT2D eigenvalue weighted by Gasteiger charge is 2.25. The molecule has 0 radical (unpaired) electrons. The molecule has 0 atom stereocenters. The minimum absolute atomic E-state index is 0.0713. The molecular weight excluding hydrogens is 711 g/mol. The first-order valence-corrected chi connectivity index (χ1v) is 20.6. The summed E-state index contributed by atoms with van der Waals surface area (Å²) in [6.07, 6.45) is 0. The van der Waals surface area contributed by atoms with Gasteiger partial charge in [-0.05, 0) is 105 Å². The second-order valence-electron chi connectivity index (χ2n) is 18.8. The van der Waals surface area contributed by atoms with Crippen LogP contribution in [0.5, 0.6) is 0 Å². The topological polar surface area (TPSA) is 56.4 Å². The molecule has 0 N–H and O–H groups in total. The summed E-state index contributed by atoms with van der Waals surface area (Å²) < 4.78 is 4.53. The summed E-state index contributed by atoms with van der Waals surface area (Å²) in [5.41, 5.74) is 12.4. The fourth-order valence-corrected chi connectivity index (χ4v) is 8.83. The zero-order valence-corrected chi connectivity index (χ0v) is 35.3. The molecule has 0 fully saturated rings. The van der Waals surface area contributed by atoms with Crippen LogP contribution in [-0.2, 0) is 10.8 Å². The molecule has 58 heavy (non-hydrogen) atoms. The Bertz CT molecular complexity index is 3080. The molecule has 0 unspecified atom stereocenters. The highest BCUT2D eigenvalue weighted by Crippen LogP contribution is 2.40. The van der Waals surface area contributed by atoms with E-state index in [9.17, 15) is 9.59 Å². The van der Waals surface area contributed by atoms with Crippen molar-refractivity contribution >= 4 is 49.1 Å². The van der Waals surface area contributed by atoms with Gasteiger partial charge in [-0.1, -0.05) is 136 Å². The normalized spacial score (nSPS) is 12.8. The number of benzene rings is 6. The zero-order valence-electron chi connectivity index (χ0n) is 35.3. The molecule has 9 aromatic rings. The first-order chi connectivity index (χ1) is 27.5. The standard InChI is InChI=1S/C53H51N3O2/c1-30(2)37-17-14-18-38(31(3)4)47(37)56-46-27-33(19-24-43(46)54-51(56)32-15-12-11-13-16-32)34-25-41-48-42(26-34)50(58)40-23-21-36(53(8,9)10)29-45(40)55(48)44-28-35(52(5,6)7)20-22-39(44)49(41)57/h11-31H,1-10H3. The van der Waals surface area contributed by atoms with Crippen LogP contribution in [-0.4, -0.2) is 14.0 Å². The van der Waals surface area contributed by atoms with E-state index in [1.54, 1.807) is 0 Å². The van der Waals surface area contributed by atoms with Crippen LogP contribution in [0, 0.1) is 0 Å². The van der Waals surface area contributed by atoms with Crippen molar-refractivity contribution in [3.05, 3.63) is 158 Å². The average molecular weight is 762 g/mol. The Balaban J connectivity index is 1.40. The molecule has 5 nitrogen and oxygen atoms in total. The SMILES string of the molecule is CC(C)c1cccc(C(C)C)c1-n1c(-c2ccccc2)nc2ccc(-c3cc4c(=O)c5ccc(C(C)(C)C)cc5n5c6cc(C(C)(C)C)ccc6c(=O)c(c3)c45)cc21. The van der Waals surface area contributed by atoms with Gasteiger partial charge in [0.25, 0.3) is 0 Å². The molecule has 0 amide bonds. The summed E-state index contributed by atoms with van der Waals surface area (Å²) in [7, 11) is 0. The van der Waals surface area contributed by atoms with Crippen LogP contribution in [0.3, 0.4) is 0 Å². The molecule has 0 aliphatic rings. The maximum Gasteiger partial charge on any atom is 0.197 e. The number of hydrogen-bond acceptors (Lipinski definition) is 3. The van der Waals surface area contributed by atoms with E-state index < -0.39 is 0 Å². The Morgan fingerprint density at radius 3 is 1.53 bits per heavy atom. The minimum Gasteiger partial charge on any atom is -0.307 e. The number of pyridine rings is 2. The average Bonchev–Trinajstić information content (AvgIpc) is 3.58. The lowest BCUT2D eigenvalue weighted by atomic mass is 9.85. The molecule has 0 saturated heterocycles. The summed E-state index contributed by atoms with van der Waals surface area (Å²) in [6, 6.07) is 39.8. The Labute approximate surface area is 340 Å². The molecule has 0 spiro atoms. The van der Waals surface area contributed by atoms with Crippen molar-refractivity contribution in [1.29, 1.82) is 0 Å². The Morgan fingerprint density at radius 1 is 0.500 bits per heavy atom. The lowest BCUT2D eigenvalue weighted by molar-refractivity contribution is 0.591. The van der Waals surface area contributed by atoms with E-state index in [2.05, 4.69) is 163 Å². The number of para-hydroxylation sites is 1. The molecule has 0 saturated carbocycles. The quantitative estimate of drug-likeness (QED) is 0.130. The molecular formula is C53H51N3O2. The van der Waals surface area contributed by atoms with Crippen LogP contribution in [0.15, 0.2) is 125 Å². The van der Waals surface area contributed by atoms with Gasteiger partial charge in [0.15, 0.2) is 10.9 Å². The molecule has 3 heterocycles. The zero-order chi connectivity index (χ0) is 41.0. The summed E-state index contributed by atoms with van der Waals surface area (Å²) >= 11 is 0. The highest BCUT2D eigenvalue weighted by atomic mass is 16.1. The Morgan fingerprint density at radius 2 is 1.03 bits per heavy atom. The molecule has 290 valence electrons. The number of hydrogen-bond donors (Lipinski definition) is 0. The molecule has 5 heteroatoms. The van der Waals surface area contributed by atoms with Gasteiger partial charge in [0.1, 0.15) is 5.82 Å². The van der Waals surface area contributed by atoms with Gasteiger partial charge in [0.05, 0.1) is 33.3 Å². The van der Waals surface area contributed by atoms with E-state index in [0.717, 1.165) is 61.4 Å². The van der Waals surface area contributed by atoms with Crippen LogP contribution in [0.2, 0.25) is 0 Å². The van der Waals surface area contributed by atoms with Crippen molar-refractivity contribution in [1.82, 2.24) is 14.0 Å². The number of aromatic nitrogens is 3. The first kappa shape index (κ1) is 37.5. The highest BCUT2D eigenvalue weighted by molar-refractivity contribution is 6.10. The van der Waals surface area contributed by atoms with Crippen molar-refractivity contribution in [2.45, 2.75) is 91.9 Å². The molecule has 6 aromatic carbocycles. The minimum atomic E-state index is -0.135. The third-order valence-corrected chi connectivity index (χ3v) is 12.1. The Kier molecular flexibility index (Phi) is 8.56. The third-order valence-electron chi connectivity index (χ3n) is 12.1. The fourth-order valence-electron chi connectivity index (χ4n) is 8.83. The van der Waals surface area contributed by atoms with Crippen LogP contribution in [0.1, 0.15) is 103 Å². The van der Waals surface area contributed by atoms with E-state index in [4.69, 9.17) is 4.98 Å². The van der Waals surface area contributed by atoms with Gasteiger partial charge in [-0.2, -0.15) is 0 Å². The van der Waals surface area contributed by atoms with Gasteiger partial charge in [0.2, 0.25) is 0 Å². The number of imidazole rings is 1. The van der Waals surface area contributed by atoms with Gasteiger partial charge >= 0.3 is 0 Å². The van der Waals surface area contributed by atoms with E-state index in [-0.39, 0.29) is 33.5 Å². The monoisotopic (exact) mass is 761 g/mol. The van der Waals surface area contributed by atoms with E-state index in [1.807, 2.05) is 30.3 Å². The first-order valence-electron chi connectivity index (χ1n) is 20.6. The predicted octanol–water partition coefficient (Wildman–Crippen LogP) is 13.1. The van der Waals surface area contributed by atoms with Gasteiger partial charge in [-0.25, -0.2) is 4.98 Å². The molecule has 9 rings (SSSR count). The molecule has 0 aliphatic carbocycles. The van der Waals surface area contributed by atoms with Crippen molar-refractivity contribution < 1.29 is 0 Å². The summed E-state index contributed by atoms with van der Waals surface area (Å²) in [4.78, 5) is 34.9. The number of nitrogens with zero attached hydrogens (tertiary/aromatic N) is 3. The number of fused-ring (bicyclic) bond motifs is 5. The van der Waals surface area contributed by atoms with Crippen molar-refractivity contribution in [2.75, 3.05) is 0 Å². The lowest BCUT2D eigenvalue weighted by Gasteiger charge is -2.23. The largest absolute Gasteiger partial charge is 0.307 e. The van der Waals surface area contributed by atoms with Crippen LogP contribution in [0.25, 0.3) is 77.3 Å². The second-order valence-corrected chi connectivity index (χ2v) is 18.8. The summed E-state index contributed by atoms with van der Waals surface area (Å²) in [6.45, 7) is 22.1. The van der Waals surface area contributed by atoms with E-state index in [0.29, 0.717) is 27.1 Å². The smallest absolute Gasteiger partial charge is 0.197 e. The van der Waals surface area contributed by atoms with E-state index in [1.165, 1.54) is 11.1 Å². The van der Waals surface area contributed by atoms with Gasteiger partial charge in [-0.3, -0.25) is 14.2 Å². The van der Waals surface area contributed by atoms with Gasteiger partial charge in [-0.15, -0.1) is 0 Å². The predicted molar refractivity (Wildman–Crippen MR) is 245 cm³/mol. The van der Waals surface area contributed by atoms with Crippen LogP contribution in [0.4, 0.5) is 0 Å². The maximum atomic E-state index is 14.8. The molecule has 3 aromatic heterocycles.